The largest absolute Gasteiger partial charge is 0.370 e. The number of alkyl halides is 2. The van der Waals surface area contributed by atoms with Crippen LogP contribution in [0.2, 0.25) is 0 Å². The summed E-state index contributed by atoms with van der Waals surface area (Å²) in [5.41, 5.74) is -0.188. The van der Waals surface area contributed by atoms with Gasteiger partial charge in [0.05, 0.1) is 17.6 Å². The molecule has 1 rings (SSSR count). The van der Waals surface area contributed by atoms with E-state index >= 15 is 0 Å². The van der Waals surface area contributed by atoms with Gasteiger partial charge in [0.1, 0.15) is 0 Å². The summed E-state index contributed by atoms with van der Waals surface area (Å²) in [6.45, 7) is 4.40. The fourth-order valence-corrected chi connectivity index (χ4v) is 2.56. The first kappa shape index (κ1) is 12.8. The van der Waals surface area contributed by atoms with E-state index in [1.165, 1.54) is 25.7 Å². The Morgan fingerprint density at radius 1 is 1.36 bits per heavy atom. The summed E-state index contributed by atoms with van der Waals surface area (Å²) in [5, 5.41) is 0.815. The molecule has 3 heteroatoms. The van der Waals surface area contributed by atoms with Crippen molar-refractivity contribution in [2.75, 3.05) is 11.2 Å². The van der Waals surface area contributed by atoms with E-state index in [0.29, 0.717) is 12.0 Å². The van der Waals surface area contributed by atoms with Crippen LogP contribution in [0.5, 0.6) is 0 Å². The van der Waals surface area contributed by atoms with Gasteiger partial charge in [0, 0.05) is 5.33 Å². The molecule has 1 atom stereocenters. The third-order valence-corrected chi connectivity index (χ3v) is 4.73. The zero-order chi connectivity index (χ0) is 10.6. The van der Waals surface area contributed by atoms with Gasteiger partial charge in [0.15, 0.2) is 0 Å². The van der Waals surface area contributed by atoms with E-state index in [-0.39, 0.29) is 5.60 Å². The highest BCUT2D eigenvalue weighted by atomic mass is 79.9. The van der Waals surface area contributed by atoms with Crippen molar-refractivity contribution < 1.29 is 4.74 Å². The standard InChI is InChI=1S/C11H20BrClO/c1-9-3-5-10(6-4-9)14-11(2,7-12)8-13/h9-10H,3-8H2,1-2H3. The van der Waals surface area contributed by atoms with Crippen molar-refractivity contribution in [3.8, 4) is 0 Å². The smallest absolute Gasteiger partial charge is 0.0889 e. The van der Waals surface area contributed by atoms with Gasteiger partial charge in [-0.2, -0.15) is 0 Å². The van der Waals surface area contributed by atoms with Crippen LogP contribution in [0.4, 0.5) is 0 Å². The van der Waals surface area contributed by atoms with Crippen molar-refractivity contribution in [2.24, 2.45) is 5.92 Å². The average molecular weight is 284 g/mol. The van der Waals surface area contributed by atoms with Crippen LogP contribution in [0.1, 0.15) is 39.5 Å². The highest BCUT2D eigenvalue weighted by molar-refractivity contribution is 9.09. The molecule has 0 amide bonds. The fourth-order valence-electron chi connectivity index (χ4n) is 1.85. The molecule has 0 aliphatic heterocycles. The van der Waals surface area contributed by atoms with Crippen molar-refractivity contribution >= 4 is 27.5 Å². The summed E-state index contributed by atoms with van der Waals surface area (Å²) in [4.78, 5) is 0. The molecule has 1 unspecified atom stereocenters. The number of hydrogen-bond donors (Lipinski definition) is 0. The molecular weight excluding hydrogens is 263 g/mol. The second-order valence-corrected chi connectivity index (χ2v) is 5.54. The lowest BCUT2D eigenvalue weighted by Crippen LogP contribution is -2.38. The Balaban J connectivity index is 2.36. The molecule has 0 heterocycles. The Labute approximate surface area is 101 Å². The van der Waals surface area contributed by atoms with Gasteiger partial charge in [-0.1, -0.05) is 22.9 Å². The van der Waals surface area contributed by atoms with Crippen LogP contribution in [0.25, 0.3) is 0 Å². The normalized spacial score (nSPS) is 32.6. The first-order chi connectivity index (χ1) is 6.59. The quantitative estimate of drug-likeness (QED) is 0.709. The van der Waals surface area contributed by atoms with Crippen molar-refractivity contribution in [3.63, 3.8) is 0 Å². The maximum absolute atomic E-state index is 6.05. The van der Waals surface area contributed by atoms with Gasteiger partial charge >= 0.3 is 0 Å². The number of halogens is 2. The lowest BCUT2D eigenvalue weighted by molar-refractivity contribution is -0.0720. The maximum Gasteiger partial charge on any atom is 0.0889 e. The van der Waals surface area contributed by atoms with Gasteiger partial charge in [-0.15, -0.1) is 11.6 Å². The summed E-state index contributed by atoms with van der Waals surface area (Å²) < 4.78 is 6.05. The molecule has 1 aliphatic carbocycles. The topological polar surface area (TPSA) is 9.23 Å². The minimum atomic E-state index is -0.188. The van der Waals surface area contributed by atoms with Crippen LogP contribution in [0.15, 0.2) is 0 Å². The van der Waals surface area contributed by atoms with E-state index in [1.807, 2.05) is 0 Å². The van der Waals surface area contributed by atoms with E-state index in [4.69, 9.17) is 16.3 Å². The lowest BCUT2D eigenvalue weighted by atomic mass is 9.88. The molecule has 1 fully saturated rings. The van der Waals surface area contributed by atoms with Gasteiger partial charge < -0.3 is 4.74 Å². The predicted octanol–water partition coefficient (Wildman–Crippen LogP) is 3.97. The van der Waals surface area contributed by atoms with Crippen LogP contribution in [0, 0.1) is 5.92 Å². The third-order valence-electron chi connectivity index (χ3n) is 2.98. The molecule has 0 aromatic heterocycles. The molecule has 0 spiro atoms. The van der Waals surface area contributed by atoms with Gasteiger partial charge in [0.2, 0.25) is 0 Å². The Kier molecular flexibility index (Phi) is 5.22. The van der Waals surface area contributed by atoms with Crippen LogP contribution < -0.4 is 0 Å². The third kappa shape index (κ3) is 3.71. The molecular formula is C11H20BrClO. The zero-order valence-corrected chi connectivity index (χ0v) is 11.4. The summed E-state index contributed by atoms with van der Waals surface area (Å²) in [7, 11) is 0. The highest BCUT2D eigenvalue weighted by Gasteiger charge is 2.29. The molecule has 0 aromatic carbocycles. The maximum atomic E-state index is 6.05. The van der Waals surface area contributed by atoms with Crippen LogP contribution in [0.3, 0.4) is 0 Å². The zero-order valence-electron chi connectivity index (χ0n) is 9.06. The second-order valence-electron chi connectivity index (χ2n) is 4.72. The number of hydrogen-bond acceptors (Lipinski definition) is 1. The molecule has 0 aromatic rings. The van der Waals surface area contributed by atoms with Crippen LogP contribution in [-0.2, 0) is 4.74 Å². The summed E-state index contributed by atoms with van der Waals surface area (Å²) in [5.74, 6) is 1.44. The Hall–Kier alpha value is 0.730. The Morgan fingerprint density at radius 2 is 1.93 bits per heavy atom. The van der Waals surface area contributed by atoms with E-state index < -0.39 is 0 Å². The fraction of sp³-hybridized carbons (Fsp3) is 1.00. The van der Waals surface area contributed by atoms with Crippen molar-refractivity contribution in [3.05, 3.63) is 0 Å². The molecule has 0 saturated heterocycles. The van der Waals surface area contributed by atoms with Crippen molar-refractivity contribution in [1.29, 1.82) is 0 Å². The summed E-state index contributed by atoms with van der Waals surface area (Å²) >= 11 is 9.36. The highest BCUT2D eigenvalue weighted by Crippen LogP contribution is 2.29. The number of rotatable bonds is 4. The minimum Gasteiger partial charge on any atom is -0.370 e. The van der Waals surface area contributed by atoms with Gasteiger partial charge in [-0.3, -0.25) is 0 Å². The van der Waals surface area contributed by atoms with Crippen molar-refractivity contribution in [2.45, 2.75) is 51.2 Å². The monoisotopic (exact) mass is 282 g/mol. The average Bonchev–Trinajstić information content (AvgIpc) is 2.21. The van der Waals surface area contributed by atoms with Crippen LogP contribution in [-0.4, -0.2) is 22.9 Å². The van der Waals surface area contributed by atoms with E-state index in [0.717, 1.165) is 11.2 Å². The molecule has 0 N–H and O–H groups in total. The lowest BCUT2D eigenvalue weighted by Gasteiger charge is -2.34. The molecule has 1 saturated carbocycles. The van der Waals surface area contributed by atoms with Crippen molar-refractivity contribution in [1.82, 2.24) is 0 Å². The molecule has 84 valence electrons. The predicted molar refractivity (Wildman–Crippen MR) is 65.4 cm³/mol. The van der Waals surface area contributed by atoms with Gasteiger partial charge in [-0.05, 0) is 38.5 Å². The van der Waals surface area contributed by atoms with Gasteiger partial charge in [-0.25, -0.2) is 0 Å². The molecule has 14 heavy (non-hydrogen) atoms. The molecule has 0 radical (unpaired) electrons. The van der Waals surface area contributed by atoms with Gasteiger partial charge in [0.25, 0.3) is 0 Å². The molecule has 0 bridgehead atoms. The number of ether oxygens (including phenoxy) is 1. The minimum absolute atomic E-state index is 0.188. The van der Waals surface area contributed by atoms with E-state index in [2.05, 4.69) is 29.8 Å². The second kappa shape index (κ2) is 5.72. The Morgan fingerprint density at radius 3 is 2.36 bits per heavy atom. The molecule has 1 aliphatic rings. The van der Waals surface area contributed by atoms with Crippen LogP contribution >= 0.6 is 27.5 Å². The first-order valence-electron chi connectivity index (χ1n) is 5.39. The SMILES string of the molecule is CC1CCC(OC(C)(CCl)CBr)CC1. The summed E-state index contributed by atoms with van der Waals surface area (Å²) in [6.07, 6.45) is 5.41. The Bertz CT molecular complexity index is 163. The van der Waals surface area contributed by atoms with E-state index in [1.54, 1.807) is 0 Å². The first-order valence-corrected chi connectivity index (χ1v) is 7.05. The van der Waals surface area contributed by atoms with E-state index in [9.17, 15) is 0 Å². The molecule has 1 nitrogen and oxygen atoms in total. The summed E-state index contributed by atoms with van der Waals surface area (Å²) in [6, 6.07) is 0.